The summed E-state index contributed by atoms with van der Waals surface area (Å²) in [6, 6.07) is 2.01. The molecule has 5 nitrogen and oxygen atoms in total. The third kappa shape index (κ3) is 3.26. The first-order chi connectivity index (χ1) is 13.2. The van der Waals surface area contributed by atoms with Crippen molar-refractivity contribution in [3.05, 3.63) is 56.8 Å². The van der Waals surface area contributed by atoms with E-state index in [4.69, 9.17) is 14.6 Å². The molecule has 0 unspecified atom stereocenters. The van der Waals surface area contributed by atoms with Gasteiger partial charge in [-0.25, -0.2) is 4.79 Å². The molecule has 1 heterocycles. The fraction of sp³-hybridized carbons (Fsp3) is 0.318. The number of aliphatic hydroxyl groups is 1. The van der Waals surface area contributed by atoms with Gasteiger partial charge in [0.2, 0.25) is 0 Å². The van der Waals surface area contributed by atoms with Crippen LogP contribution in [-0.4, -0.2) is 16.2 Å². The lowest BCUT2D eigenvalue weighted by Gasteiger charge is -2.18. The van der Waals surface area contributed by atoms with Crippen molar-refractivity contribution in [2.75, 3.05) is 0 Å². The maximum absolute atomic E-state index is 12.8. The molecule has 2 aromatic carbocycles. The van der Waals surface area contributed by atoms with Gasteiger partial charge in [0.15, 0.2) is 11.5 Å². The smallest absolute Gasteiger partial charge is 0.348 e. The van der Waals surface area contributed by atoms with E-state index in [0.717, 1.165) is 35.8 Å². The predicted octanol–water partition coefficient (Wildman–Crippen LogP) is 6.28. The van der Waals surface area contributed by atoms with E-state index in [2.05, 4.69) is 22.5 Å². The fourth-order valence-corrected chi connectivity index (χ4v) is 4.04. The monoisotopic (exact) mass is 446 g/mol. The number of rotatable bonds is 1. The fourth-order valence-electron chi connectivity index (χ4n) is 3.45. The molecule has 148 valence electrons. The highest BCUT2D eigenvalue weighted by Gasteiger charge is 2.34. The Bertz CT molecular complexity index is 990. The first kappa shape index (κ1) is 20.3. The standard InChI is InChI=1S/C20H19BrO4.C2H4O/c1-8-9(2)18-19(11(4)16(8)22)25-20(23)15-14(21)7-13(12-5-6-12)10(3)17(15)24-18;1-2-3/h7,12,22H,5-6H2,1-4H3;2-3H,1H2. The van der Waals surface area contributed by atoms with Crippen molar-refractivity contribution in [1.82, 2.24) is 0 Å². The van der Waals surface area contributed by atoms with Gasteiger partial charge in [0.05, 0.1) is 6.26 Å². The molecule has 0 amide bonds. The summed E-state index contributed by atoms with van der Waals surface area (Å²) in [5.41, 5.74) is 4.60. The van der Waals surface area contributed by atoms with Crippen molar-refractivity contribution < 1.29 is 24.5 Å². The van der Waals surface area contributed by atoms with Crippen LogP contribution in [0, 0.1) is 27.7 Å². The molecule has 2 aromatic rings. The van der Waals surface area contributed by atoms with Crippen molar-refractivity contribution in [2.45, 2.75) is 46.5 Å². The van der Waals surface area contributed by atoms with E-state index in [1.165, 1.54) is 5.56 Å². The van der Waals surface area contributed by atoms with Gasteiger partial charge in [0, 0.05) is 15.6 Å². The Morgan fingerprint density at radius 3 is 2.18 bits per heavy atom. The van der Waals surface area contributed by atoms with Gasteiger partial charge < -0.3 is 19.7 Å². The van der Waals surface area contributed by atoms with Crippen LogP contribution in [-0.2, 0) is 0 Å². The lowest BCUT2D eigenvalue weighted by molar-refractivity contribution is 0.0735. The minimum atomic E-state index is -0.475. The summed E-state index contributed by atoms with van der Waals surface area (Å²) < 4.78 is 12.6. The second-order valence-electron chi connectivity index (χ2n) is 7.11. The number of ether oxygens (including phenoxy) is 2. The topological polar surface area (TPSA) is 76.0 Å². The van der Waals surface area contributed by atoms with Gasteiger partial charge in [0.25, 0.3) is 0 Å². The summed E-state index contributed by atoms with van der Waals surface area (Å²) >= 11 is 3.52. The highest BCUT2D eigenvalue weighted by Crippen LogP contribution is 2.51. The molecule has 1 fully saturated rings. The van der Waals surface area contributed by atoms with Crippen LogP contribution in [0.3, 0.4) is 0 Å². The number of carbonyl (C=O) groups excluding carboxylic acids is 1. The van der Waals surface area contributed by atoms with E-state index < -0.39 is 5.97 Å². The number of aliphatic hydroxyl groups excluding tert-OH is 1. The van der Waals surface area contributed by atoms with Crippen LogP contribution in [0.1, 0.15) is 56.9 Å². The average Bonchev–Trinajstić information content (AvgIpc) is 3.49. The second-order valence-corrected chi connectivity index (χ2v) is 7.96. The summed E-state index contributed by atoms with van der Waals surface area (Å²) in [4.78, 5) is 12.8. The zero-order valence-electron chi connectivity index (χ0n) is 16.4. The van der Waals surface area contributed by atoms with Gasteiger partial charge in [0.1, 0.15) is 17.1 Å². The quantitative estimate of drug-likeness (QED) is 0.306. The number of hydrogen-bond donors (Lipinski definition) is 2. The van der Waals surface area contributed by atoms with E-state index >= 15 is 0 Å². The molecule has 0 saturated heterocycles. The highest BCUT2D eigenvalue weighted by molar-refractivity contribution is 9.10. The molecule has 28 heavy (non-hydrogen) atoms. The van der Waals surface area contributed by atoms with Crippen LogP contribution in [0.25, 0.3) is 0 Å². The molecule has 1 aliphatic carbocycles. The van der Waals surface area contributed by atoms with Crippen LogP contribution in [0.5, 0.6) is 23.0 Å². The molecular weight excluding hydrogens is 424 g/mol. The lowest BCUT2D eigenvalue weighted by Crippen LogP contribution is -2.10. The Labute approximate surface area is 172 Å². The van der Waals surface area contributed by atoms with Crippen LogP contribution in [0.15, 0.2) is 23.4 Å². The van der Waals surface area contributed by atoms with Gasteiger partial charge in [-0.15, -0.1) is 0 Å². The van der Waals surface area contributed by atoms with E-state index in [1.807, 2.05) is 26.8 Å². The van der Waals surface area contributed by atoms with Gasteiger partial charge in [-0.3, -0.25) is 0 Å². The second kappa shape index (κ2) is 7.51. The normalized spacial score (nSPS) is 14.5. The van der Waals surface area contributed by atoms with Crippen LogP contribution >= 0.6 is 15.9 Å². The van der Waals surface area contributed by atoms with Crippen molar-refractivity contribution >= 4 is 21.9 Å². The van der Waals surface area contributed by atoms with E-state index in [-0.39, 0.29) is 5.75 Å². The maximum atomic E-state index is 12.8. The van der Waals surface area contributed by atoms with Crippen molar-refractivity contribution in [2.24, 2.45) is 0 Å². The largest absolute Gasteiger partial charge is 0.516 e. The number of hydrogen-bond acceptors (Lipinski definition) is 5. The number of halogens is 1. The van der Waals surface area contributed by atoms with Crippen molar-refractivity contribution in [3.8, 4) is 23.0 Å². The molecule has 4 rings (SSSR count). The molecule has 0 aromatic heterocycles. The molecular formula is C22H23BrO5. The average molecular weight is 447 g/mol. The first-order valence-corrected chi connectivity index (χ1v) is 9.83. The lowest BCUT2D eigenvalue weighted by atomic mass is 9.99. The molecule has 0 bridgehead atoms. The number of aromatic hydroxyl groups is 1. The Kier molecular flexibility index (Phi) is 5.44. The SMILES string of the molecule is C=CO.Cc1c(C)c2c(c(C)c1O)OC(=O)c1c(Br)cc(C3CC3)c(C)c1O2. The molecule has 2 N–H and O–H groups in total. The third-order valence-electron chi connectivity index (χ3n) is 5.30. The maximum Gasteiger partial charge on any atom is 0.348 e. The van der Waals surface area contributed by atoms with Gasteiger partial charge in [-0.1, -0.05) is 6.58 Å². The number of carbonyl (C=O) groups is 1. The molecule has 0 atom stereocenters. The Morgan fingerprint density at radius 1 is 1.04 bits per heavy atom. The summed E-state index contributed by atoms with van der Waals surface area (Å²) in [5.74, 6) is 1.54. The van der Waals surface area contributed by atoms with Crippen molar-refractivity contribution in [3.63, 3.8) is 0 Å². The number of phenolic OH excluding ortho intramolecular Hbond substituents is 1. The van der Waals surface area contributed by atoms with Gasteiger partial charge >= 0.3 is 5.97 Å². The van der Waals surface area contributed by atoms with Crippen LogP contribution < -0.4 is 9.47 Å². The number of esters is 1. The zero-order valence-corrected chi connectivity index (χ0v) is 17.9. The van der Waals surface area contributed by atoms with Gasteiger partial charge in [-0.05, 0) is 85.1 Å². The molecule has 1 saturated carbocycles. The first-order valence-electron chi connectivity index (χ1n) is 9.03. The van der Waals surface area contributed by atoms with Crippen LogP contribution in [0.4, 0.5) is 0 Å². The van der Waals surface area contributed by atoms with Gasteiger partial charge in [-0.2, -0.15) is 0 Å². The Balaban J connectivity index is 0.000000706. The molecule has 0 spiro atoms. The van der Waals surface area contributed by atoms with E-state index in [9.17, 15) is 9.90 Å². The number of phenols is 1. The van der Waals surface area contributed by atoms with Crippen LogP contribution in [0.2, 0.25) is 0 Å². The molecule has 1 aliphatic heterocycles. The summed E-state index contributed by atoms with van der Waals surface area (Å²) in [5, 5.41) is 17.6. The third-order valence-corrected chi connectivity index (χ3v) is 5.93. The molecule has 0 radical (unpaired) electrons. The minimum Gasteiger partial charge on any atom is -0.516 e. The van der Waals surface area contributed by atoms with E-state index in [1.54, 1.807) is 6.92 Å². The number of fused-ring (bicyclic) bond motifs is 2. The summed E-state index contributed by atoms with van der Waals surface area (Å²) in [7, 11) is 0. The Morgan fingerprint density at radius 2 is 1.61 bits per heavy atom. The predicted molar refractivity (Wildman–Crippen MR) is 111 cm³/mol. The van der Waals surface area contributed by atoms with E-state index in [0.29, 0.717) is 38.8 Å². The molecule has 2 aliphatic rings. The zero-order chi connectivity index (χ0) is 20.7. The minimum absolute atomic E-state index is 0.132. The number of benzene rings is 2. The molecule has 6 heteroatoms. The summed E-state index contributed by atoms with van der Waals surface area (Å²) in [6.07, 6.45) is 3.08. The van der Waals surface area contributed by atoms with Crippen molar-refractivity contribution in [1.29, 1.82) is 0 Å². The summed E-state index contributed by atoms with van der Waals surface area (Å²) in [6.45, 7) is 10.3. The Hall–Kier alpha value is -2.47. The highest BCUT2D eigenvalue weighted by atomic mass is 79.9.